The second-order valence-electron chi connectivity index (χ2n) is 3.88. The number of aryl methyl sites for hydroxylation is 1. The van der Waals surface area contributed by atoms with E-state index in [9.17, 15) is 0 Å². The standard InChI is InChI=1S/C13H15ClN2S/c1-10-9-17-13(16-10)8-15-12(7-14)11-5-3-2-4-6-11/h2-6,9,12,15H,7-8H2,1H3. The Morgan fingerprint density at radius 3 is 2.71 bits per heavy atom. The van der Waals surface area contributed by atoms with Crippen molar-refractivity contribution in [1.82, 2.24) is 10.3 Å². The molecule has 2 aromatic rings. The van der Waals surface area contributed by atoms with Crippen molar-refractivity contribution in [3.63, 3.8) is 0 Å². The van der Waals surface area contributed by atoms with Crippen molar-refractivity contribution in [1.29, 1.82) is 0 Å². The third kappa shape index (κ3) is 3.53. The van der Waals surface area contributed by atoms with E-state index < -0.39 is 0 Å². The molecule has 1 aromatic carbocycles. The molecule has 4 heteroatoms. The minimum Gasteiger partial charge on any atom is -0.302 e. The fraction of sp³-hybridized carbons (Fsp3) is 0.308. The molecule has 1 N–H and O–H groups in total. The molecule has 90 valence electrons. The lowest BCUT2D eigenvalue weighted by molar-refractivity contribution is 0.577. The van der Waals surface area contributed by atoms with Gasteiger partial charge in [0.1, 0.15) is 5.01 Å². The molecule has 0 fully saturated rings. The average molecular weight is 267 g/mol. The lowest BCUT2D eigenvalue weighted by atomic mass is 10.1. The highest BCUT2D eigenvalue weighted by molar-refractivity contribution is 7.09. The SMILES string of the molecule is Cc1csc(CNC(CCl)c2ccccc2)n1. The smallest absolute Gasteiger partial charge is 0.107 e. The summed E-state index contributed by atoms with van der Waals surface area (Å²) in [6.45, 7) is 2.78. The van der Waals surface area contributed by atoms with Crippen LogP contribution in [0.15, 0.2) is 35.7 Å². The van der Waals surface area contributed by atoms with E-state index in [0.717, 1.165) is 17.2 Å². The highest BCUT2D eigenvalue weighted by atomic mass is 35.5. The molecule has 0 saturated carbocycles. The summed E-state index contributed by atoms with van der Waals surface area (Å²) >= 11 is 7.67. The van der Waals surface area contributed by atoms with Crippen molar-refractivity contribution >= 4 is 22.9 Å². The Morgan fingerprint density at radius 1 is 1.35 bits per heavy atom. The first-order chi connectivity index (χ1) is 8.29. The highest BCUT2D eigenvalue weighted by Gasteiger charge is 2.09. The van der Waals surface area contributed by atoms with Gasteiger partial charge in [-0.3, -0.25) is 0 Å². The molecule has 1 aromatic heterocycles. The van der Waals surface area contributed by atoms with Gasteiger partial charge in [0, 0.05) is 29.5 Å². The van der Waals surface area contributed by atoms with Crippen molar-refractivity contribution in [2.24, 2.45) is 0 Å². The van der Waals surface area contributed by atoms with Crippen molar-refractivity contribution in [2.45, 2.75) is 19.5 Å². The predicted octanol–water partition coefficient (Wildman–Crippen LogP) is 3.52. The summed E-state index contributed by atoms with van der Waals surface area (Å²) in [7, 11) is 0. The van der Waals surface area contributed by atoms with Crippen molar-refractivity contribution < 1.29 is 0 Å². The van der Waals surface area contributed by atoms with E-state index in [4.69, 9.17) is 11.6 Å². The maximum atomic E-state index is 5.99. The molecule has 1 unspecified atom stereocenters. The first-order valence-electron chi connectivity index (χ1n) is 5.55. The number of rotatable bonds is 5. The van der Waals surface area contributed by atoms with Crippen LogP contribution in [0.5, 0.6) is 0 Å². The van der Waals surface area contributed by atoms with Gasteiger partial charge in [-0.15, -0.1) is 22.9 Å². The number of nitrogens with zero attached hydrogens (tertiary/aromatic N) is 1. The molecule has 0 aliphatic rings. The molecule has 0 spiro atoms. The maximum absolute atomic E-state index is 5.99. The summed E-state index contributed by atoms with van der Waals surface area (Å²) in [5, 5.41) is 6.60. The number of thiazole rings is 1. The van der Waals surface area contributed by atoms with E-state index in [1.165, 1.54) is 5.56 Å². The van der Waals surface area contributed by atoms with Crippen LogP contribution in [0.25, 0.3) is 0 Å². The molecule has 0 radical (unpaired) electrons. The molecular formula is C13H15ClN2S. The van der Waals surface area contributed by atoms with Crippen molar-refractivity contribution in [3.8, 4) is 0 Å². The Morgan fingerprint density at radius 2 is 2.12 bits per heavy atom. The molecule has 17 heavy (non-hydrogen) atoms. The number of benzene rings is 1. The van der Waals surface area contributed by atoms with Gasteiger partial charge in [-0.2, -0.15) is 0 Å². The molecular weight excluding hydrogens is 252 g/mol. The Hall–Kier alpha value is -0.900. The lowest BCUT2D eigenvalue weighted by Gasteiger charge is -2.15. The van der Waals surface area contributed by atoms with Crippen LogP contribution < -0.4 is 5.32 Å². The molecule has 2 nitrogen and oxygen atoms in total. The lowest BCUT2D eigenvalue weighted by Crippen LogP contribution is -2.22. The summed E-state index contributed by atoms with van der Waals surface area (Å²) in [6.07, 6.45) is 0. The van der Waals surface area contributed by atoms with E-state index in [1.54, 1.807) is 11.3 Å². The third-order valence-corrected chi connectivity index (χ3v) is 3.80. The molecule has 1 heterocycles. The number of aromatic nitrogens is 1. The quantitative estimate of drug-likeness (QED) is 0.838. The molecule has 0 saturated heterocycles. The molecule has 0 amide bonds. The van der Waals surface area contributed by atoms with Gasteiger partial charge < -0.3 is 5.32 Å². The maximum Gasteiger partial charge on any atom is 0.107 e. The number of hydrogen-bond acceptors (Lipinski definition) is 3. The van der Waals surface area contributed by atoms with Crippen LogP contribution >= 0.6 is 22.9 Å². The monoisotopic (exact) mass is 266 g/mol. The summed E-state index contributed by atoms with van der Waals surface area (Å²) in [5.41, 5.74) is 2.30. The minimum absolute atomic E-state index is 0.182. The highest BCUT2D eigenvalue weighted by Crippen LogP contribution is 2.16. The van der Waals surface area contributed by atoms with Crippen LogP contribution in [0.4, 0.5) is 0 Å². The van der Waals surface area contributed by atoms with E-state index in [0.29, 0.717) is 5.88 Å². The fourth-order valence-corrected chi connectivity index (χ4v) is 2.65. The first kappa shape index (κ1) is 12.6. The van der Waals surface area contributed by atoms with Crippen LogP contribution in [0.1, 0.15) is 22.3 Å². The van der Waals surface area contributed by atoms with Crippen LogP contribution in [-0.4, -0.2) is 10.9 Å². The summed E-state index contributed by atoms with van der Waals surface area (Å²) < 4.78 is 0. The van der Waals surface area contributed by atoms with Gasteiger partial charge in [-0.1, -0.05) is 30.3 Å². The Bertz CT molecular complexity index is 455. The van der Waals surface area contributed by atoms with Crippen LogP contribution in [0.3, 0.4) is 0 Å². The molecule has 0 aliphatic carbocycles. The summed E-state index contributed by atoms with van der Waals surface area (Å²) in [5.74, 6) is 0.564. The average Bonchev–Trinajstić information content (AvgIpc) is 2.77. The van der Waals surface area contributed by atoms with Crippen molar-refractivity contribution in [2.75, 3.05) is 5.88 Å². The topological polar surface area (TPSA) is 24.9 Å². The van der Waals surface area contributed by atoms with Gasteiger partial charge in [-0.05, 0) is 12.5 Å². The van der Waals surface area contributed by atoms with Gasteiger partial charge in [0.2, 0.25) is 0 Å². The largest absolute Gasteiger partial charge is 0.302 e. The minimum atomic E-state index is 0.182. The Balaban J connectivity index is 1.97. The fourth-order valence-electron chi connectivity index (χ4n) is 1.64. The van der Waals surface area contributed by atoms with E-state index in [-0.39, 0.29) is 6.04 Å². The zero-order chi connectivity index (χ0) is 12.1. The zero-order valence-corrected chi connectivity index (χ0v) is 11.3. The number of alkyl halides is 1. The Kier molecular flexibility index (Phi) is 4.54. The summed E-state index contributed by atoms with van der Waals surface area (Å²) in [4.78, 5) is 4.42. The van der Waals surface area contributed by atoms with Gasteiger partial charge in [-0.25, -0.2) is 4.98 Å². The van der Waals surface area contributed by atoms with Crippen molar-refractivity contribution in [3.05, 3.63) is 52.0 Å². The molecule has 2 rings (SSSR count). The van der Waals surface area contributed by atoms with Gasteiger partial charge in [0.15, 0.2) is 0 Å². The second-order valence-corrected chi connectivity index (χ2v) is 5.13. The van der Waals surface area contributed by atoms with Gasteiger partial charge >= 0.3 is 0 Å². The Labute approximate surface area is 111 Å². The van der Waals surface area contributed by atoms with Gasteiger partial charge in [0.25, 0.3) is 0 Å². The second kappa shape index (κ2) is 6.15. The number of halogens is 1. The van der Waals surface area contributed by atoms with Crippen LogP contribution in [-0.2, 0) is 6.54 Å². The summed E-state index contributed by atoms with van der Waals surface area (Å²) in [6, 6.07) is 10.4. The zero-order valence-electron chi connectivity index (χ0n) is 9.69. The van der Waals surface area contributed by atoms with E-state index >= 15 is 0 Å². The third-order valence-electron chi connectivity index (χ3n) is 2.52. The van der Waals surface area contributed by atoms with Crippen LogP contribution in [0.2, 0.25) is 0 Å². The van der Waals surface area contributed by atoms with E-state index in [1.807, 2.05) is 25.1 Å². The normalized spacial score (nSPS) is 12.6. The molecule has 0 bridgehead atoms. The number of nitrogens with one attached hydrogen (secondary N) is 1. The van der Waals surface area contributed by atoms with Gasteiger partial charge in [0.05, 0.1) is 0 Å². The van der Waals surface area contributed by atoms with E-state index in [2.05, 4.69) is 27.8 Å². The van der Waals surface area contributed by atoms with Crippen LogP contribution in [0, 0.1) is 6.92 Å². The molecule has 0 aliphatic heterocycles. The molecule has 1 atom stereocenters. The number of hydrogen-bond donors (Lipinski definition) is 1. The predicted molar refractivity (Wildman–Crippen MR) is 73.6 cm³/mol. The first-order valence-corrected chi connectivity index (χ1v) is 6.96.